The summed E-state index contributed by atoms with van der Waals surface area (Å²) < 4.78 is 3.86. The van der Waals surface area contributed by atoms with Gasteiger partial charge in [-0.05, 0) is 46.3 Å². The molecule has 0 aliphatic heterocycles. The van der Waals surface area contributed by atoms with Gasteiger partial charge in [-0.25, -0.2) is 9.97 Å². The molecule has 4 aromatic rings. The van der Waals surface area contributed by atoms with Gasteiger partial charge in [0.2, 0.25) is 0 Å². The Kier molecular flexibility index (Phi) is 3.62. The molecule has 0 unspecified atom stereocenters. The number of hydrogen-bond donors (Lipinski definition) is 0. The van der Waals surface area contributed by atoms with Crippen LogP contribution in [0.2, 0.25) is 0 Å². The summed E-state index contributed by atoms with van der Waals surface area (Å²) in [5, 5.41) is 11.6. The van der Waals surface area contributed by atoms with Crippen LogP contribution in [0.5, 0.6) is 0 Å². The van der Waals surface area contributed by atoms with Crippen LogP contribution in [0.25, 0.3) is 28.0 Å². The molecule has 0 fully saturated rings. The highest BCUT2D eigenvalue weighted by molar-refractivity contribution is 9.10. The summed E-state index contributed by atoms with van der Waals surface area (Å²) in [6.07, 6.45) is 7.56. The molecule has 24 heavy (non-hydrogen) atoms. The number of aromatic nitrogens is 3. The van der Waals surface area contributed by atoms with Crippen LogP contribution < -0.4 is 0 Å². The van der Waals surface area contributed by atoms with Crippen LogP contribution in [0.3, 0.4) is 0 Å². The smallest absolute Gasteiger partial charge is 0.271 e. The first-order chi connectivity index (χ1) is 11.6. The Morgan fingerprint density at radius 2 is 2.12 bits per heavy atom. The molecule has 0 spiro atoms. The topological polar surface area (TPSA) is 73.3 Å². The van der Waals surface area contributed by atoms with Crippen LogP contribution in [0.1, 0.15) is 10.7 Å². The third kappa shape index (κ3) is 2.70. The van der Waals surface area contributed by atoms with Crippen LogP contribution in [0, 0.1) is 10.1 Å². The van der Waals surface area contributed by atoms with Gasteiger partial charge < -0.3 is 0 Å². The first kappa shape index (κ1) is 15.0. The van der Waals surface area contributed by atoms with Gasteiger partial charge in [0.05, 0.1) is 27.0 Å². The summed E-state index contributed by atoms with van der Waals surface area (Å²) in [6.45, 7) is 0. The minimum Gasteiger partial charge on any atom is -0.299 e. The van der Waals surface area contributed by atoms with E-state index in [4.69, 9.17) is 0 Å². The van der Waals surface area contributed by atoms with Crippen molar-refractivity contribution < 1.29 is 4.92 Å². The second kappa shape index (κ2) is 5.81. The lowest BCUT2D eigenvalue weighted by atomic mass is 10.3. The fourth-order valence-electron chi connectivity index (χ4n) is 2.37. The maximum absolute atomic E-state index is 10.8. The molecular formula is C16H9BrN4O2S. The maximum atomic E-state index is 10.8. The fraction of sp³-hybridized carbons (Fsp3) is 0. The molecule has 0 saturated heterocycles. The van der Waals surface area contributed by atoms with Crippen molar-refractivity contribution in [1.29, 1.82) is 0 Å². The number of thiazole rings is 1. The average Bonchev–Trinajstić information content (AvgIpc) is 3.14. The van der Waals surface area contributed by atoms with Crippen molar-refractivity contribution >= 4 is 61.0 Å². The zero-order chi connectivity index (χ0) is 16.7. The van der Waals surface area contributed by atoms with E-state index >= 15 is 0 Å². The Labute approximate surface area is 148 Å². The highest BCUT2D eigenvalue weighted by Crippen LogP contribution is 2.27. The van der Waals surface area contributed by atoms with Crippen LogP contribution in [-0.2, 0) is 0 Å². The van der Waals surface area contributed by atoms with Gasteiger partial charge in [-0.3, -0.25) is 14.5 Å². The van der Waals surface area contributed by atoms with Gasteiger partial charge in [-0.15, -0.1) is 11.3 Å². The summed E-state index contributed by atoms with van der Waals surface area (Å²) in [6, 6.07) is 8.59. The molecule has 118 valence electrons. The first-order valence-corrected chi connectivity index (χ1v) is 8.57. The number of benzene rings is 1. The summed E-state index contributed by atoms with van der Waals surface area (Å²) in [7, 11) is 0. The minimum atomic E-state index is -0.412. The summed E-state index contributed by atoms with van der Waals surface area (Å²) in [5.74, 6) is 0. The quantitative estimate of drug-likeness (QED) is 0.366. The third-order valence-electron chi connectivity index (χ3n) is 3.49. The van der Waals surface area contributed by atoms with E-state index in [-0.39, 0.29) is 5.69 Å². The van der Waals surface area contributed by atoms with Crippen LogP contribution in [0.4, 0.5) is 5.69 Å². The molecule has 4 rings (SSSR count). The highest BCUT2D eigenvalue weighted by Gasteiger charge is 2.09. The van der Waals surface area contributed by atoms with Gasteiger partial charge in [0, 0.05) is 22.8 Å². The fourth-order valence-corrected chi connectivity index (χ4v) is 3.56. The molecule has 1 aromatic carbocycles. The van der Waals surface area contributed by atoms with Crippen LogP contribution in [-0.4, -0.2) is 19.3 Å². The van der Waals surface area contributed by atoms with Gasteiger partial charge in [0.15, 0.2) is 0 Å². The normalized spacial score (nSPS) is 11.7. The van der Waals surface area contributed by atoms with Crippen LogP contribution >= 0.6 is 27.3 Å². The van der Waals surface area contributed by atoms with Gasteiger partial charge in [0.1, 0.15) is 10.7 Å². The summed E-state index contributed by atoms with van der Waals surface area (Å²) in [4.78, 5) is 19.2. The number of nitrogens with zero attached hydrogens (tertiary/aromatic N) is 4. The lowest BCUT2D eigenvalue weighted by molar-refractivity contribution is -0.384. The van der Waals surface area contributed by atoms with E-state index in [2.05, 4.69) is 25.9 Å². The number of rotatable bonds is 3. The zero-order valence-electron chi connectivity index (χ0n) is 12.1. The molecule has 0 amide bonds. The van der Waals surface area contributed by atoms with E-state index in [1.807, 2.05) is 34.9 Å². The van der Waals surface area contributed by atoms with Gasteiger partial charge in [-0.1, -0.05) is 0 Å². The lowest BCUT2D eigenvalue weighted by Gasteiger charge is -1.97. The second-order valence-electron chi connectivity index (χ2n) is 5.05. The highest BCUT2D eigenvalue weighted by atomic mass is 79.9. The largest absolute Gasteiger partial charge is 0.299 e. The zero-order valence-corrected chi connectivity index (χ0v) is 14.5. The number of halogens is 1. The molecule has 0 N–H and O–H groups in total. The van der Waals surface area contributed by atoms with E-state index in [0.717, 1.165) is 25.5 Å². The van der Waals surface area contributed by atoms with Crippen molar-refractivity contribution in [2.24, 2.45) is 0 Å². The van der Waals surface area contributed by atoms with Crippen molar-refractivity contribution in [2.75, 3.05) is 0 Å². The Morgan fingerprint density at radius 3 is 2.96 bits per heavy atom. The van der Waals surface area contributed by atoms with E-state index in [9.17, 15) is 10.1 Å². The maximum Gasteiger partial charge on any atom is 0.271 e. The van der Waals surface area contributed by atoms with Crippen molar-refractivity contribution in [2.45, 2.75) is 0 Å². The Balaban J connectivity index is 1.71. The summed E-state index contributed by atoms with van der Waals surface area (Å²) in [5.41, 5.74) is 2.47. The lowest BCUT2D eigenvalue weighted by Crippen LogP contribution is -1.86. The minimum absolute atomic E-state index is 0.0509. The molecule has 6 nitrogen and oxygen atoms in total. The number of nitro groups is 1. The van der Waals surface area contributed by atoms with Crippen molar-refractivity contribution in [3.8, 4) is 0 Å². The first-order valence-electron chi connectivity index (χ1n) is 6.96. The standard InChI is InChI=1S/C16H9BrN4O2S/c17-10-1-5-15-18-8-12(20(15)9-10)3-6-16-19-13-7-11(21(22)23)2-4-14(13)24-16/h1-9H. The van der Waals surface area contributed by atoms with E-state index in [0.29, 0.717) is 5.52 Å². The number of non-ortho nitro benzene ring substituents is 1. The summed E-state index contributed by atoms with van der Waals surface area (Å²) >= 11 is 4.94. The van der Waals surface area contributed by atoms with Crippen LogP contribution in [0.15, 0.2) is 47.2 Å². The molecule has 3 heterocycles. The second-order valence-corrected chi connectivity index (χ2v) is 7.03. The monoisotopic (exact) mass is 400 g/mol. The van der Waals surface area contributed by atoms with Crippen molar-refractivity contribution in [3.63, 3.8) is 0 Å². The number of fused-ring (bicyclic) bond motifs is 2. The predicted octanol–water partition coefficient (Wildman–Crippen LogP) is 4.79. The molecule has 0 bridgehead atoms. The molecule has 0 atom stereocenters. The van der Waals surface area contributed by atoms with Crippen molar-refractivity contribution in [3.05, 3.63) is 68.0 Å². The Hall–Kier alpha value is -2.58. The molecule has 0 saturated carbocycles. The average molecular weight is 401 g/mol. The Morgan fingerprint density at radius 1 is 1.25 bits per heavy atom. The third-order valence-corrected chi connectivity index (χ3v) is 4.96. The number of imidazole rings is 1. The molecule has 0 aliphatic rings. The number of pyridine rings is 1. The van der Waals surface area contributed by atoms with Gasteiger partial charge in [0.25, 0.3) is 5.69 Å². The van der Waals surface area contributed by atoms with E-state index < -0.39 is 4.92 Å². The van der Waals surface area contributed by atoms with E-state index in [1.54, 1.807) is 12.3 Å². The molecule has 0 aliphatic carbocycles. The molecule has 3 aromatic heterocycles. The van der Waals surface area contributed by atoms with E-state index in [1.165, 1.54) is 23.5 Å². The van der Waals surface area contributed by atoms with Gasteiger partial charge in [-0.2, -0.15) is 0 Å². The molecule has 0 radical (unpaired) electrons. The predicted molar refractivity (Wildman–Crippen MR) is 98.1 cm³/mol. The van der Waals surface area contributed by atoms with Crippen molar-refractivity contribution in [1.82, 2.24) is 14.4 Å². The molecule has 8 heteroatoms. The number of nitro benzene ring substituents is 1. The Bertz CT molecular complexity index is 1120. The SMILES string of the molecule is O=[N+]([O-])c1ccc2sc(C=Cc3cnc4ccc(Br)cn34)nc2c1. The number of hydrogen-bond acceptors (Lipinski definition) is 5. The molecular weight excluding hydrogens is 392 g/mol. The van der Waals surface area contributed by atoms with Gasteiger partial charge >= 0.3 is 0 Å².